The highest BCUT2D eigenvalue weighted by Gasteiger charge is 2.23. The Morgan fingerprint density at radius 1 is 0.756 bits per heavy atom. The molecular weight excluding hydrogens is 671 g/mol. The first-order chi connectivity index (χ1) is 21.3. The molecule has 0 saturated carbocycles. The second-order valence-corrected chi connectivity index (χ2v) is 13.0. The quantitative estimate of drug-likeness (QED) is 0.0811. The molecular formula is C39H57IN2O3. The first-order valence-electron chi connectivity index (χ1n) is 16.9. The number of halogens is 1. The van der Waals surface area contributed by atoms with Crippen molar-refractivity contribution < 1.29 is 42.8 Å². The van der Waals surface area contributed by atoms with Gasteiger partial charge in [-0.2, -0.15) is 0 Å². The van der Waals surface area contributed by atoms with Crippen molar-refractivity contribution in [1.82, 2.24) is 4.90 Å². The Bertz CT molecular complexity index is 1270. The number of amides is 1. The van der Waals surface area contributed by atoms with E-state index in [0.29, 0.717) is 24.4 Å². The van der Waals surface area contributed by atoms with Crippen molar-refractivity contribution in [3.63, 3.8) is 0 Å². The molecule has 3 rings (SSSR count). The monoisotopic (exact) mass is 728 g/mol. The third-order valence-corrected chi connectivity index (χ3v) is 8.30. The summed E-state index contributed by atoms with van der Waals surface area (Å²) in [6, 6.07) is 18.1. The fourth-order valence-electron chi connectivity index (χ4n) is 5.60. The van der Waals surface area contributed by atoms with Crippen LogP contribution >= 0.6 is 0 Å². The van der Waals surface area contributed by atoms with Gasteiger partial charge in [-0.3, -0.25) is 4.79 Å². The molecule has 0 saturated heterocycles. The molecule has 0 unspecified atom stereocenters. The van der Waals surface area contributed by atoms with E-state index in [9.17, 15) is 4.79 Å². The lowest BCUT2D eigenvalue weighted by molar-refractivity contribution is -0.693. The number of aromatic nitrogens is 1. The first-order valence-corrected chi connectivity index (χ1v) is 16.9. The van der Waals surface area contributed by atoms with Crippen molar-refractivity contribution in [2.75, 3.05) is 13.7 Å². The number of pyridine rings is 1. The molecule has 6 heteroatoms. The second-order valence-electron chi connectivity index (χ2n) is 13.0. The molecule has 0 aliphatic heterocycles. The van der Waals surface area contributed by atoms with E-state index in [-0.39, 0.29) is 35.3 Å². The number of hydrogen-bond acceptors (Lipinski definition) is 3. The molecule has 0 N–H and O–H groups in total. The molecule has 0 aliphatic carbocycles. The molecule has 0 spiro atoms. The van der Waals surface area contributed by atoms with Crippen LogP contribution in [0.15, 0.2) is 67.0 Å². The molecule has 1 heterocycles. The maximum atomic E-state index is 13.9. The van der Waals surface area contributed by atoms with Crippen LogP contribution < -0.4 is 38.0 Å². The van der Waals surface area contributed by atoms with Crippen molar-refractivity contribution in [3.8, 4) is 11.5 Å². The summed E-state index contributed by atoms with van der Waals surface area (Å²) < 4.78 is 14.0. The van der Waals surface area contributed by atoms with Gasteiger partial charge in [0, 0.05) is 25.2 Å². The van der Waals surface area contributed by atoms with Crippen LogP contribution in [0.4, 0.5) is 0 Å². The average molecular weight is 729 g/mol. The molecule has 0 radical (unpaired) electrons. The van der Waals surface area contributed by atoms with Crippen LogP contribution in [0.2, 0.25) is 0 Å². The number of carbonyl (C=O) groups excluding carboxylic acids is 1. The van der Waals surface area contributed by atoms with Gasteiger partial charge in [-0.15, -0.1) is 0 Å². The largest absolute Gasteiger partial charge is 1.00 e. The van der Waals surface area contributed by atoms with Crippen LogP contribution in [0.5, 0.6) is 11.5 Å². The molecule has 45 heavy (non-hydrogen) atoms. The molecule has 3 aromatic rings. The summed E-state index contributed by atoms with van der Waals surface area (Å²) in [6.45, 7) is 13.7. The molecule has 5 nitrogen and oxygen atoms in total. The molecule has 1 aromatic heterocycles. The van der Waals surface area contributed by atoms with Gasteiger partial charge < -0.3 is 38.4 Å². The summed E-state index contributed by atoms with van der Waals surface area (Å²) in [7, 11) is 1.61. The Balaban J connectivity index is 0.00000705. The van der Waals surface area contributed by atoms with Gasteiger partial charge in [0.2, 0.25) is 0 Å². The van der Waals surface area contributed by atoms with Crippen LogP contribution in [0.1, 0.15) is 126 Å². The number of methoxy groups -OCH3 is 1. The lowest BCUT2D eigenvalue weighted by Gasteiger charge is -2.27. The third kappa shape index (κ3) is 13.0. The summed E-state index contributed by atoms with van der Waals surface area (Å²) >= 11 is 0. The number of aryl methyl sites for hydroxylation is 1. The van der Waals surface area contributed by atoms with E-state index in [4.69, 9.17) is 9.47 Å². The molecule has 2 aromatic carbocycles. The number of unbranched alkanes of at least 4 members (excludes halogenated alkanes) is 9. The minimum absolute atomic E-state index is 0. The van der Waals surface area contributed by atoms with Crippen molar-refractivity contribution >= 4 is 5.91 Å². The van der Waals surface area contributed by atoms with Crippen LogP contribution in [0.25, 0.3) is 0 Å². The zero-order valence-corrected chi connectivity index (χ0v) is 30.9. The fourth-order valence-corrected chi connectivity index (χ4v) is 5.60. The number of carbonyl (C=O) groups is 1. The van der Waals surface area contributed by atoms with Gasteiger partial charge in [-0.1, -0.05) is 104 Å². The smallest absolute Gasteiger partial charge is 0.258 e. The SMILES string of the molecule is CCCCCCCCCCCCOc1ccc(CN(Cc2cc[n+](CC)cc2)C(=O)c2ccccc2OC)cc1C(C)(C)C.[I-]. The Labute approximate surface area is 290 Å². The average Bonchev–Trinajstić information content (AvgIpc) is 3.03. The van der Waals surface area contributed by atoms with Gasteiger partial charge >= 0.3 is 0 Å². The standard InChI is InChI=1S/C39H57N2O3.HI/c1-7-9-10-11-12-13-14-15-16-19-28-44-37-23-22-33(29-35(37)39(3,4)5)31-41(30-32-24-26-40(8-2)27-25-32)38(42)34-20-17-18-21-36(34)43-6;/h17-18,20-27,29H,7-16,19,28,30-31H2,1-6H3;1H/q+1;/p-1. The van der Waals surface area contributed by atoms with Crippen molar-refractivity contribution in [2.24, 2.45) is 0 Å². The second kappa shape index (κ2) is 20.5. The van der Waals surface area contributed by atoms with E-state index < -0.39 is 0 Å². The first kappa shape index (κ1) is 38.6. The maximum absolute atomic E-state index is 13.9. The Kier molecular flexibility index (Phi) is 17.6. The maximum Gasteiger partial charge on any atom is 0.258 e. The van der Waals surface area contributed by atoms with Gasteiger partial charge in [0.15, 0.2) is 12.4 Å². The van der Waals surface area contributed by atoms with Gasteiger partial charge in [0.25, 0.3) is 5.91 Å². The predicted molar refractivity (Wildman–Crippen MR) is 181 cm³/mol. The van der Waals surface area contributed by atoms with E-state index in [0.717, 1.165) is 36.4 Å². The van der Waals surface area contributed by atoms with E-state index >= 15 is 0 Å². The Hall–Kier alpha value is -2.61. The van der Waals surface area contributed by atoms with E-state index in [1.54, 1.807) is 7.11 Å². The Morgan fingerprint density at radius 3 is 1.96 bits per heavy atom. The Morgan fingerprint density at radius 2 is 1.36 bits per heavy atom. The fraction of sp³-hybridized carbons (Fsp3) is 0.538. The molecule has 248 valence electrons. The summed E-state index contributed by atoms with van der Waals surface area (Å²) in [5, 5.41) is 0. The number of benzene rings is 2. The highest BCUT2D eigenvalue weighted by atomic mass is 127. The van der Waals surface area contributed by atoms with Gasteiger partial charge in [-0.25, -0.2) is 4.57 Å². The van der Waals surface area contributed by atoms with Crippen molar-refractivity contribution in [1.29, 1.82) is 0 Å². The van der Waals surface area contributed by atoms with E-state index in [1.807, 2.05) is 29.2 Å². The molecule has 0 atom stereocenters. The topological polar surface area (TPSA) is 42.7 Å². The zero-order chi connectivity index (χ0) is 31.8. The van der Waals surface area contributed by atoms with E-state index in [1.165, 1.54) is 63.4 Å². The lowest BCUT2D eigenvalue weighted by Crippen LogP contribution is -3.00. The molecule has 1 amide bonds. The number of rotatable bonds is 19. The van der Waals surface area contributed by atoms with Crippen LogP contribution in [0, 0.1) is 0 Å². The van der Waals surface area contributed by atoms with Crippen molar-refractivity contribution in [3.05, 3.63) is 89.2 Å². The number of para-hydroxylation sites is 1. The third-order valence-electron chi connectivity index (χ3n) is 8.30. The summed E-state index contributed by atoms with van der Waals surface area (Å²) in [5.74, 6) is 1.49. The highest BCUT2D eigenvalue weighted by molar-refractivity contribution is 5.96. The number of nitrogens with zero attached hydrogens (tertiary/aromatic N) is 2. The van der Waals surface area contributed by atoms with Crippen molar-refractivity contribution in [2.45, 2.75) is 124 Å². The summed E-state index contributed by atoms with van der Waals surface area (Å²) in [6.07, 6.45) is 17.3. The van der Waals surface area contributed by atoms with Crippen LogP contribution in [-0.2, 0) is 25.0 Å². The molecule has 0 aliphatic rings. The minimum atomic E-state index is -0.0895. The van der Waals surface area contributed by atoms with Gasteiger partial charge in [-0.05, 0) is 59.7 Å². The lowest BCUT2D eigenvalue weighted by atomic mass is 9.85. The van der Waals surface area contributed by atoms with Crippen LogP contribution in [0.3, 0.4) is 0 Å². The highest BCUT2D eigenvalue weighted by Crippen LogP contribution is 2.33. The summed E-state index contributed by atoms with van der Waals surface area (Å²) in [5.41, 5.74) is 3.83. The summed E-state index contributed by atoms with van der Waals surface area (Å²) in [4.78, 5) is 15.9. The predicted octanol–water partition coefficient (Wildman–Crippen LogP) is 6.45. The number of hydrogen-bond donors (Lipinski definition) is 0. The normalized spacial score (nSPS) is 11.2. The minimum Gasteiger partial charge on any atom is -1.00 e. The molecule has 0 bridgehead atoms. The number of ether oxygens (including phenoxy) is 2. The zero-order valence-electron chi connectivity index (χ0n) is 28.7. The van der Waals surface area contributed by atoms with E-state index in [2.05, 4.69) is 81.9 Å². The molecule has 0 fully saturated rings. The van der Waals surface area contributed by atoms with Gasteiger partial charge in [0.05, 0.1) is 19.3 Å². The van der Waals surface area contributed by atoms with Gasteiger partial charge in [0.1, 0.15) is 18.0 Å². The van der Waals surface area contributed by atoms with Crippen LogP contribution in [-0.4, -0.2) is 24.5 Å².